The summed E-state index contributed by atoms with van der Waals surface area (Å²) in [6.07, 6.45) is 6.54. The molecule has 0 bridgehead atoms. The van der Waals surface area contributed by atoms with Crippen LogP contribution in [0.25, 0.3) is 0 Å². The van der Waals surface area contributed by atoms with Crippen molar-refractivity contribution in [1.82, 2.24) is 0 Å². The lowest BCUT2D eigenvalue weighted by Crippen LogP contribution is -2.18. The van der Waals surface area contributed by atoms with E-state index < -0.39 is 0 Å². The van der Waals surface area contributed by atoms with E-state index in [1.54, 1.807) is 0 Å². The normalized spacial score (nSPS) is 18.3. The molecule has 21 heavy (non-hydrogen) atoms. The highest BCUT2D eigenvalue weighted by Crippen LogP contribution is 2.31. The zero-order chi connectivity index (χ0) is 14.5. The molecule has 0 unspecified atom stereocenters. The molecule has 0 aromatic heterocycles. The number of fused-ring (bicyclic) bond motifs is 1. The Labute approximate surface area is 125 Å². The van der Waals surface area contributed by atoms with E-state index in [9.17, 15) is 4.79 Å². The quantitative estimate of drug-likeness (QED) is 0.799. The zero-order valence-corrected chi connectivity index (χ0v) is 12.3. The van der Waals surface area contributed by atoms with Gasteiger partial charge in [-0.25, -0.2) is 0 Å². The molecule has 1 aliphatic heterocycles. The first kappa shape index (κ1) is 14.2. The third-order valence-electron chi connectivity index (χ3n) is 4.16. The Bertz CT molecular complexity index is 492. The van der Waals surface area contributed by atoms with Gasteiger partial charge >= 0.3 is 5.97 Å². The number of esters is 1. The molecule has 4 nitrogen and oxygen atoms in total. The van der Waals surface area contributed by atoms with Crippen molar-refractivity contribution in [2.45, 2.75) is 38.5 Å². The van der Waals surface area contributed by atoms with Crippen molar-refractivity contribution in [2.24, 2.45) is 5.92 Å². The van der Waals surface area contributed by atoms with E-state index >= 15 is 0 Å². The van der Waals surface area contributed by atoms with Crippen LogP contribution in [-0.2, 0) is 16.0 Å². The summed E-state index contributed by atoms with van der Waals surface area (Å²) in [5.41, 5.74) is 0.910. The first-order valence-electron chi connectivity index (χ1n) is 7.85. The fourth-order valence-electron chi connectivity index (χ4n) is 2.98. The lowest BCUT2D eigenvalue weighted by atomic mass is 9.90. The van der Waals surface area contributed by atoms with Gasteiger partial charge in [0.2, 0.25) is 0 Å². The average molecular weight is 290 g/mol. The fourth-order valence-corrected chi connectivity index (χ4v) is 2.98. The largest absolute Gasteiger partial charge is 0.486 e. The maximum Gasteiger partial charge on any atom is 0.310 e. The third-order valence-corrected chi connectivity index (χ3v) is 4.16. The second-order valence-corrected chi connectivity index (χ2v) is 5.84. The molecule has 1 fully saturated rings. The van der Waals surface area contributed by atoms with E-state index in [2.05, 4.69) is 0 Å². The number of hydrogen-bond acceptors (Lipinski definition) is 4. The Hall–Kier alpha value is -1.71. The van der Waals surface area contributed by atoms with Gasteiger partial charge in [0.25, 0.3) is 0 Å². The van der Waals surface area contributed by atoms with Crippen molar-refractivity contribution in [1.29, 1.82) is 0 Å². The smallest absolute Gasteiger partial charge is 0.310 e. The van der Waals surface area contributed by atoms with Crippen molar-refractivity contribution < 1.29 is 19.0 Å². The van der Waals surface area contributed by atoms with Crippen LogP contribution >= 0.6 is 0 Å². The molecule has 1 aromatic rings. The Kier molecular flexibility index (Phi) is 4.63. The predicted molar refractivity (Wildman–Crippen MR) is 78.7 cm³/mol. The fraction of sp³-hybridized carbons (Fsp3) is 0.588. The summed E-state index contributed by atoms with van der Waals surface area (Å²) in [5, 5.41) is 0. The lowest BCUT2D eigenvalue weighted by molar-refractivity contribution is -0.144. The molecule has 1 saturated carbocycles. The molecule has 3 rings (SSSR count). The van der Waals surface area contributed by atoms with Crippen LogP contribution in [0.1, 0.15) is 37.7 Å². The molecular formula is C17H22O4. The molecule has 1 aromatic carbocycles. The van der Waals surface area contributed by atoms with Crippen molar-refractivity contribution in [3.05, 3.63) is 23.8 Å². The van der Waals surface area contributed by atoms with Crippen LogP contribution < -0.4 is 9.47 Å². The van der Waals surface area contributed by atoms with Crippen LogP contribution in [0.3, 0.4) is 0 Å². The van der Waals surface area contributed by atoms with Gasteiger partial charge in [0, 0.05) is 0 Å². The molecule has 0 amide bonds. The van der Waals surface area contributed by atoms with Crippen molar-refractivity contribution >= 4 is 5.97 Å². The second kappa shape index (κ2) is 6.83. The molecule has 0 radical (unpaired) electrons. The van der Waals surface area contributed by atoms with Gasteiger partial charge in [0.1, 0.15) is 13.2 Å². The van der Waals surface area contributed by atoms with Crippen LogP contribution in [0.2, 0.25) is 0 Å². The highest BCUT2D eigenvalue weighted by atomic mass is 16.6. The number of carbonyl (C=O) groups excluding carboxylic acids is 1. The molecule has 4 heteroatoms. The highest BCUT2D eigenvalue weighted by Gasteiger charge is 2.17. The molecule has 0 spiro atoms. The number of carbonyl (C=O) groups is 1. The van der Waals surface area contributed by atoms with Crippen LogP contribution in [0.4, 0.5) is 0 Å². The van der Waals surface area contributed by atoms with Gasteiger partial charge in [-0.1, -0.05) is 25.3 Å². The molecule has 0 N–H and O–H groups in total. The molecule has 1 aliphatic carbocycles. The minimum atomic E-state index is -0.155. The maximum atomic E-state index is 11.9. The molecule has 0 saturated heterocycles. The first-order valence-corrected chi connectivity index (χ1v) is 7.85. The second-order valence-electron chi connectivity index (χ2n) is 5.84. The van der Waals surface area contributed by atoms with Crippen molar-refractivity contribution in [3.8, 4) is 11.5 Å². The number of hydrogen-bond donors (Lipinski definition) is 0. The lowest BCUT2D eigenvalue weighted by Gasteiger charge is -2.21. The molecule has 114 valence electrons. The monoisotopic (exact) mass is 290 g/mol. The SMILES string of the molecule is O=C(Cc1ccc2c(c1)OCCO2)OCC1CCCCC1. The van der Waals surface area contributed by atoms with Gasteiger partial charge in [0.05, 0.1) is 13.0 Å². The molecule has 2 aliphatic rings. The first-order chi connectivity index (χ1) is 10.3. The van der Waals surface area contributed by atoms with E-state index in [4.69, 9.17) is 14.2 Å². The van der Waals surface area contributed by atoms with E-state index in [1.807, 2.05) is 18.2 Å². The van der Waals surface area contributed by atoms with Crippen LogP contribution in [0.5, 0.6) is 11.5 Å². The van der Waals surface area contributed by atoms with Gasteiger partial charge < -0.3 is 14.2 Å². The van der Waals surface area contributed by atoms with E-state index in [0.717, 1.165) is 17.1 Å². The summed E-state index contributed by atoms with van der Waals surface area (Å²) in [4.78, 5) is 11.9. The highest BCUT2D eigenvalue weighted by molar-refractivity contribution is 5.73. The third kappa shape index (κ3) is 3.90. The van der Waals surface area contributed by atoms with E-state index in [1.165, 1.54) is 32.1 Å². The van der Waals surface area contributed by atoms with Crippen LogP contribution in [0, 0.1) is 5.92 Å². The number of benzene rings is 1. The zero-order valence-electron chi connectivity index (χ0n) is 12.3. The summed E-state index contributed by atoms with van der Waals surface area (Å²) < 4.78 is 16.4. The van der Waals surface area contributed by atoms with Gasteiger partial charge in [-0.2, -0.15) is 0 Å². The Morgan fingerprint density at radius 3 is 2.67 bits per heavy atom. The standard InChI is InChI=1S/C17H22O4/c18-17(21-12-13-4-2-1-3-5-13)11-14-6-7-15-16(10-14)20-9-8-19-15/h6-7,10,13H,1-5,8-9,11-12H2. The van der Waals surface area contributed by atoms with E-state index in [0.29, 0.717) is 32.2 Å². The Morgan fingerprint density at radius 2 is 1.86 bits per heavy atom. The molecule has 0 atom stereocenters. The van der Waals surface area contributed by atoms with Gasteiger partial charge in [-0.05, 0) is 36.5 Å². The topological polar surface area (TPSA) is 44.8 Å². The van der Waals surface area contributed by atoms with Crippen LogP contribution in [-0.4, -0.2) is 25.8 Å². The average Bonchev–Trinajstić information content (AvgIpc) is 2.54. The van der Waals surface area contributed by atoms with Crippen LogP contribution in [0.15, 0.2) is 18.2 Å². The Balaban J connectivity index is 1.50. The summed E-state index contributed by atoms with van der Waals surface area (Å²) in [5.74, 6) is 1.87. The maximum absolute atomic E-state index is 11.9. The van der Waals surface area contributed by atoms with Gasteiger partial charge in [-0.15, -0.1) is 0 Å². The molecular weight excluding hydrogens is 268 g/mol. The van der Waals surface area contributed by atoms with Crippen molar-refractivity contribution in [2.75, 3.05) is 19.8 Å². The number of ether oxygens (including phenoxy) is 3. The summed E-state index contributed by atoms with van der Waals surface area (Å²) in [7, 11) is 0. The minimum absolute atomic E-state index is 0.155. The number of rotatable bonds is 4. The summed E-state index contributed by atoms with van der Waals surface area (Å²) in [6, 6.07) is 5.63. The Morgan fingerprint density at radius 1 is 1.10 bits per heavy atom. The van der Waals surface area contributed by atoms with Gasteiger partial charge in [-0.3, -0.25) is 4.79 Å². The predicted octanol–water partition coefficient (Wildman–Crippen LogP) is 3.12. The minimum Gasteiger partial charge on any atom is -0.486 e. The van der Waals surface area contributed by atoms with E-state index in [-0.39, 0.29) is 5.97 Å². The van der Waals surface area contributed by atoms with Gasteiger partial charge in [0.15, 0.2) is 11.5 Å². The summed E-state index contributed by atoms with van der Waals surface area (Å²) >= 11 is 0. The molecule has 1 heterocycles. The van der Waals surface area contributed by atoms with Crippen molar-refractivity contribution in [3.63, 3.8) is 0 Å². The summed E-state index contributed by atoms with van der Waals surface area (Å²) in [6.45, 7) is 1.71.